The maximum atomic E-state index is 14.1. The van der Waals surface area contributed by atoms with Crippen LogP contribution in [0.3, 0.4) is 0 Å². The summed E-state index contributed by atoms with van der Waals surface area (Å²) in [5.74, 6) is -0.174. The molecule has 24 heavy (non-hydrogen) atoms. The number of rotatable bonds is 2. The van der Waals surface area contributed by atoms with Crippen LogP contribution in [0.25, 0.3) is 16.6 Å². The minimum absolute atomic E-state index is 0.174. The molecule has 0 saturated carbocycles. The van der Waals surface area contributed by atoms with E-state index in [9.17, 15) is 4.39 Å². The van der Waals surface area contributed by atoms with Crippen molar-refractivity contribution in [1.29, 1.82) is 0 Å². The number of piperidine rings is 1. The van der Waals surface area contributed by atoms with Gasteiger partial charge in [0.15, 0.2) is 0 Å². The molecule has 0 spiro atoms. The van der Waals surface area contributed by atoms with E-state index in [2.05, 4.69) is 33.7 Å². The molecule has 2 heterocycles. The summed E-state index contributed by atoms with van der Waals surface area (Å²) in [5.41, 5.74) is 10.4. The second-order valence-electron chi connectivity index (χ2n) is 6.68. The molecular formula is C20H22FN3. The Labute approximate surface area is 141 Å². The van der Waals surface area contributed by atoms with E-state index in [-0.39, 0.29) is 11.9 Å². The van der Waals surface area contributed by atoms with Crippen molar-refractivity contribution in [2.75, 3.05) is 18.0 Å². The molecule has 4 heteroatoms. The number of aromatic nitrogens is 1. The van der Waals surface area contributed by atoms with Gasteiger partial charge in [0.25, 0.3) is 0 Å². The second kappa shape index (κ2) is 5.95. The van der Waals surface area contributed by atoms with Gasteiger partial charge >= 0.3 is 0 Å². The molecule has 3 aromatic rings. The van der Waals surface area contributed by atoms with Crippen LogP contribution in [0.15, 0.2) is 48.7 Å². The summed E-state index contributed by atoms with van der Waals surface area (Å²) in [6.45, 7) is 3.95. The Hall–Kier alpha value is -2.33. The van der Waals surface area contributed by atoms with Crippen molar-refractivity contribution in [3.05, 3.63) is 60.0 Å². The molecule has 2 N–H and O–H groups in total. The van der Waals surface area contributed by atoms with Crippen molar-refractivity contribution in [3.63, 3.8) is 0 Å². The first-order valence-corrected chi connectivity index (χ1v) is 8.50. The van der Waals surface area contributed by atoms with Gasteiger partial charge in [-0.3, -0.25) is 0 Å². The highest BCUT2D eigenvalue weighted by Gasteiger charge is 2.17. The van der Waals surface area contributed by atoms with Crippen LogP contribution in [-0.2, 0) is 0 Å². The Morgan fingerprint density at radius 2 is 1.96 bits per heavy atom. The minimum Gasteiger partial charge on any atom is -0.370 e. The second-order valence-corrected chi connectivity index (χ2v) is 6.68. The predicted molar refractivity (Wildman–Crippen MR) is 97.4 cm³/mol. The molecule has 4 rings (SSSR count). The Morgan fingerprint density at radius 3 is 2.79 bits per heavy atom. The third kappa shape index (κ3) is 2.57. The summed E-state index contributed by atoms with van der Waals surface area (Å²) in [7, 11) is 0. The molecule has 0 bridgehead atoms. The molecular weight excluding hydrogens is 301 g/mol. The van der Waals surface area contributed by atoms with Crippen molar-refractivity contribution in [3.8, 4) is 5.69 Å². The van der Waals surface area contributed by atoms with Crippen LogP contribution < -0.4 is 10.6 Å². The number of nitrogens with two attached hydrogens (primary N) is 1. The normalized spacial score (nSPS) is 18.3. The first-order valence-electron chi connectivity index (χ1n) is 8.50. The lowest BCUT2D eigenvalue weighted by molar-refractivity contribution is 0.506. The van der Waals surface area contributed by atoms with Gasteiger partial charge in [-0.25, -0.2) is 4.39 Å². The number of hydrogen-bond acceptors (Lipinski definition) is 2. The topological polar surface area (TPSA) is 34.2 Å². The van der Waals surface area contributed by atoms with Crippen LogP contribution in [0, 0.1) is 12.7 Å². The number of hydrogen-bond donors (Lipinski definition) is 1. The first-order chi connectivity index (χ1) is 11.6. The Kier molecular flexibility index (Phi) is 3.77. The van der Waals surface area contributed by atoms with Gasteiger partial charge in [-0.1, -0.05) is 12.1 Å². The first kappa shape index (κ1) is 15.2. The third-order valence-electron chi connectivity index (χ3n) is 4.93. The van der Waals surface area contributed by atoms with Crippen molar-refractivity contribution < 1.29 is 4.39 Å². The summed E-state index contributed by atoms with van der Waals surface area (Å²) in [5, 5.41) is 0.667. The van der Waals surface area contributed by atoms with Crippen molar-refractivity contribution in [2.45, 2.75) is 25.8 Å². The summed E-state index contributed by atoms with van der Waals surface area (Å²) < 4.78 is 16.1. The number of halogens is 1. The zero-order valence-corrected chi connectivity index (χ0v) is 13.9. The minimum atomic E-state index is -0.174. The predicted octanol–water partition coefficient (Wildman–Crippen LogP) is 4.01. The average Bonchev–Trinajstić information content (AvgIpc) is 3.05. The van der Waals surface area contributed by atoms with Crippen LogP contribution in [0.2, 0.25) is 0 Å². The van der Waals surface area contributed by atoms with E-state index in [4.69, 9.17) is 5.73 Å². The summed E-state index contributed by atoms with van der Waals surface area (Å²) >= 11 is 0. The largest absolute Gasteiger partial charge is 0.370 e. The molecule has 0 radical (unpaired) electrons. The molecule has 1 aliphatic heterocycles. The molecule has 2 aromatic carbocycles. The molecule has 1 fully saturated rings. The van der Waals surface area contributed by atoms with Crippen molar-refractivity contribution in [1.82, 2.24) is 4.57 Å². The quantitative estimate of drug-likeness (QED) is 0.773. The molecule has 1 unspecified atom stereocenters. The molecule has 1 aliphatic rings. The van der Waals surface area contributed by atoms with Gasteiger partial charge in [0, 0.05) is 42.1 Å². The van der Waals surface area contributed by atoms with Gasteiger partial charge in [-0.05, 0) is 55.7 Å². The lowest BCUT2D eigenvalue weighted by Crippen LogP contribution is -2.42. The summed E-state index contributed by atoms with van der Waals surface area (Å²) in [6.07, 6.45) is 4.17. The molecule has 1 saturated heterocycles. The van der Waals surface area contributed by atoms with E-state index in [0.717, 1.165) is 42.7 Å². The molecule has 124 valence electrons. The molecule has 1 aromatic heterocycles. The van der Waals surface area contributed by atoms with E-state index < -0.39 is 0 Å². The zero-order chi connectivity index (χ0) is 16.7. The van der Waals surface area contributed by atoms with Crippen molar-refractivity contribution >= 4 is 16.6 Å². The van der Waals surface area contributed by atoms with Crippen molar-refractivity contribution in [2.24, 2.45) is 5.73 Å². The molecule has 1 atom stereocenters. The van der Waals surface area contributed by atoms with Crippen LogP contribution in [0.1, 0.15) is 18.4 Å². The lowest BCUT2D eigenvalue weighted by Gasteiger charge is -2.32. The Morgan fingerprint density at radius 1 is 1.12 bits per heavy atom. The third-order valence-corrected chi connectivity index (χ3v) is 4.93. The van der Waals surface area contributed by atoms with Crippen LogP contribution in [0.4, 0.5) is 10.1 Å². The maximum absolute atomic E-state index is 14.1. The van der Waals surface area contributed by atoms with Gasteiger partial charge < -0.3 is 15.2 Å². The van der Waals surface area contributed by atoms with Crippen LogP contribution in [0.5, 0.6) is 0 Å². The van der Waals surface area contributed by atoms with Gasteiger partial charge in [-0.15, -0.1) is 0 Å². The van der Waals surface area contributed by atoms with Crippen LogP contribution >= 0.6 is 0 Å². The monoisotopic (exact) mass is 323 g/mol. The van der Waals surface area contributed by atoms with Gasteiger partial charge in [-0.2, -0.15) is 0 Å². The smallest absolute Gasteiger partial charge is 0.132 e. The lowest BCUT2D eigenvalue weighted by atomic mass is 10.1. The summed E-state index contributed by atoms with van der Waals surface area (Å²) in [4.78, 5) is 2.34. The SMILES string of the molecule is Cc1ccc(F)c2ccn(-c3cccc(N4CCCC(N)C4)c3)c12. The highest BCUT2D eigenvalue weighted by atomic mass is 19.1. The standard InChI is InChI=1S/C20H22FN3/c1-14-7-8-19(21)18-9-11-24(20(14)18)17-6-2-5-16(12-17)23-10-3-4-15(22)13-23/h2,5-9,11-12,15H,3-4,10,13,22H2,1H3. The van der Waals surface area contributed by atoms with Gasteiger partial charge in [0.05, 0.1) is 5.52 Å². The highest BCUT2D eigenvalue weighted by molar-refractivity contribution is 5.85. The Bertz CT molecular complexity index is 884. The van der Waals surface area contributed by atoms with E-state index in [1.165, 1.54) is 11.8 Å². The van der Waals surface area contributed by atoms with E-state index in [1.54, 1.807) is 0 Å². The van der Waals surface area contributed by atoms with E-state index >= 15 is 0 Å². The van der Waals surface area contributed by atoms with Crippen LogP contribution in [-0.4, -0.2) is 23.7 Å². The number of aryl methyl sites for hydroxylation is 1. The number of anilines is 1. The number of fused-ring (bicyclic) bond motifs is 1. The maximum Gasteiger partial charge on any atom is 0.132 e. The number of nitrogens with zero attached hydrogens (tertiary/aromatic N) is 2. The number of benzene rings is 2. The average molecular weight is 323 g/mol. The van der Waals surface area contributed by atoms with E-state index in [1.807, 2.05) is 25.3 Å². The molecule has 0 aliphatic carbocycles. The van der Waals surface area contributed by atoms with E-state index in [0.29, 0.717) is 5.39 Å². The fourth-order valence-corrected chi connectivity index (χ4v) is 3.69. The Balaban J connectivity index is 1.78. The molecule has 0 amide bonds. The fraction of sp³-hybridized carbons (Fsp3) is 0.300. The fourth-order valence-electron chi connectivity index (χ4n) is 3.69. The van der Waals surface area contributed by atoms with Gasteiger partial charge in [0.2, 0.25) is 0 Å². The zero-order valence-electron chi connectivity index (χ0n) is 13.9. The highest BCUT2D eigenvalue weighted by Crippen LogP contribution is 2.28. The summed E-state index contributed by atoms with van der Waals surface area (Å²) in [6, 6.07) is 13.9. The van der Waals surface area contributed by atoms with Gasteiger partial charge in [0.1, 0.15) is 5.82 Å². The molecule has 3 nitrogen and oxygen atoms in total.